The summed E-state index contributed by atoms with van der Waals surface area (Å²) >= 11 is 0. The Kier molecular flexibility index (Phi) is 2.47. The Labute approximate surface area is 77.9 Å². The lowest BCUT2D eigenvalue weighted by atomic mass is 10.0. The molecule has 4 heteroatoms. The van der Waals surface area contributed by atoms with Crippen molar-refractivity contribution in [3.8, 4) is 0 Å². The third kappa shape index (κ3) is 2.20. The zero-order chi connectivity index (χ0) is 9.10. The Balaban J connectivity index is 1.78. The van der Waals surface area contributed by atoms with E-state index in [9.17, 15) is 0 Å². The Hall–Kier alpha value is -1.06. The van der Waals surface area contributed by atoms with E-state index in [4.69, 9.17) is 5.73 Å². The monoisotopic (exact) mass is 180 g/mol. The molecule has 0 aliphatic heterocycles. The summed E-state index contributed by atoms with van der Waals surface area (Å²) < 4.78 is 0. The topological polar surface area (TPSA) is 67.6 Å². The van der Waals surface area contributed by atoms with Gasteiger partial charge in [-0.15, -0.1) is 5.10 Å². The van der Waals surface area contributed by atoms with Gasteiger partial charge in [0.15, 0.2) is 0 Å². The van der Waals surface area contributed by atoms with Crippen molar-refractivity contribution in [2.75, 3.05) is 5.73 Å². The number of nitrogens with two attached hydrogens (primary N) is 1. The summed E-state index contributed by atoms with van der Waals surface area (Å²) in [5.74, 6) is 2.21. The number of nitrogens with one attached hydrogen (secondary N) is 1. The molecule has 1 aliphatic carbocycles. The highest BCUT2D eigenvalue weighted by molar-refractivity contribution is 5.12. The fraction of sp³-hybridized carbons (Fsp3) is 0.778. The van der Waals surface area contributed by atoms with Crippen molar-refractivity contribution < 1.29 is 0 Å². The van der Waals surface area contributed by atoms with E-state index in [1.807, 2.05) is 0 Å². The molecule has 0 saturated heterocycles. The molecular formula is C9H16N4. The number of aromatic nitrogens is 3. The minimum Gasteiger partial charge on any atom is -0.367 e. The lowest BCUT2D eigenvalue weighted by Crippen LogP contribution is -1.97. The third-order valence-electron chi connectivity index (χ3n) is 2.81. The summed E-state index contributed by atoms with van der Waals surface area (Å²) in [6.45, 7) is 0. The molecule has 1 aromatic rings. The Morgan fingerprint density at radius 1 is 1.38 bits per heavy atom. The maximum atomic E-state index is 5.41. The van der Waals surface area contributed by atoms with Gasteiger partial charge in [-0.2, -0.15) is 4.98 Å². The smallest absolute Gasteiger partial charge is 0.239 e. The van der Waals surface area contributed by atoms with Gasteiger partial charge in [0, 0.05) is 6.42 Å². The first-order valence-corrected chi connectivity index (χ1v) is 5.01. The normalized spacial score (nSPS) is 18.2. The minimum absolute atomic E-state index is 0.362. The molecule has 0 spiro atoms. The number of aryl methyl sites for hydroxylation is 1. The highest BCUT2D eigenvalue weighted by Gasteiger charge is 2.15. The second-order valence-corrected chi connectivity index (χ2v) is 3.83. The Morgan fingerprint density at radius 2 is 2.15 bits per heavy atom. The van der Waals surface area contributed by atoms with Gasteiger partial charge in [-0.25, -0.2) is 0 Å². The number of hydrogen-bond donors (Lipinski definition) is 2. The van der Waals surface area contributed by atoms with Gasteiger partial charge in [0.05, 0.1) is 0 Å². The second-order valence-electron chi connectivity index (χ2n) is 3.83. The van der Waals surface area contributed by atoms with Crippen LogP contribution in [-0.4, -0.2) is 15.2 Å². The standard InChI is InChI=1S/C9H16N4/c10-9-11-8(12-13-9)6-5-7-3-1-2-4-7/h7H,1-6H2,(H3,10,11,12,13). The predicted octanol–water partition coefficient (Wildman–Crippen LogP) is 1.51. The van der Waals surface area contributed by atoms with E-state index in [2.05, 4.69) is 15.2 Å². The van der Waals surface area contributed by atoms with Crippen LogP contribution in [0.1, 0.15) is 37.9 Å². The molecule has 1 saturated carbocycles. The molecule has 4 nitrogen and oxygen atoms in total. The van der Waals surface area contributed by atoms with Gasteiger partial charge in [0.2, 0.25) is 5.95 Å². The molecule has 72 valence electrons. The average Bonchev–Trinajstić information content (AvgIpc) is 2.71. The largest absolute Gasteiger partial charge is 0.367 e. The van der Waals surface area contributed by atoms with E-state index in [0.29, 0.717) is 5.95 Å². The van der Waals surface area contributed by atoms with Crippen molar-refractivity contribution in [2.24, 2.45) is 5.92 Å². The van der Waals surface area contributed by atoms with Crippen molar-refractivity contribution in [3.05, 3.63) is 5.82 Å². The summed E-state index contributed by atoms with van der Waals surface area (Å²) in [7, 11) is 0. The number of nitrogen functional groups attached to an aromatic ring is 1. The molecule has 0 atom stereocenters. The van der Waals surface area contributed by atoms with E-state index in [0.717, 1.165) is 18.2 Å². The summed E-state index contributed by atoms with van der Waals surface area (Å²) in [6.07, 6.45) is 7.82. The first-order chi connectivity index (χ1) is 6.34. The van der Waals surface area contributed by atoms with E-state index in [1.165, 1.54) is 32.1 Å². The first-order valence-electron chi connectivity index (χ1n) is 5.01. The summed E-state index contributed by atoms with van der Waals surface area (Å²) in [5.41, 5.74) is 5.41. The van der Waals surface area contributed by atoms with Crippen molar-refractivity contribution in [3.63, 3.8) is 0 Å². The SMILES string of the molecule is Nc1n[nH]c(CCC2CCCC2)n1. The summed E-state index contributed by atoms with van der Waals surface area (Å²) in [6, 6.07) is 0. The fourth-order valence-electron chi connectivity index (χ4n) is 2.06. The molecule has 1 aromatic heterocycles. The number of aromatic amines is 1. The van der Waals surface area contributed by atoms with Gasteiger partial charge in [-0.1, -0.05) is 25.7 Å². The predicted molar refractivity (Wildman–Crippen MR) is 51.1 cm³/mol. The molecule has 1 aliphatic rings. The maximum Gasteiger partial charge on any atom is 0.239 e. The number of nitrogens with zero attached hydrogens (tertiary/aromatic N) is 2. The average molecular weight is 180 g/mol. The van der Waals surface area contributed by atoms with Crippen LogP contribution in [0, 0.1) is 5.92 Å². The Morgan fingerprint density at radius 3 is 2.77 bits per heavy atom. The molecule has 13 heavy (non-hydrogen) atoms. The number of rotatable bonds is 3. The molecule has 1 heterocycles. The van der Waals surface area contributed by atoms with Crippen LogP contribution < -0.4 is 5.73 Å². The van der Waals surface area contributed by atoms with Gasteiger partial charge in [0.25, 0.3) is 0 Å². The lowest BCUT2D eigenvalue weighted by molar-refractivity contribution is 0.497. The molecule has 0 amide bonds. The minimum atomic E-state index is 0.362. The van der Waals surface area contributed by atoms with Crippen LogP contribution in [0.4, 0.5) is 5.95 Å². The highest BCUT2D eigenvalue weighted by atomic mass is 15.3. The Bertz CT molecular complexity index is 262. The van der Waals surface area contributed by atoms with Gasteiger partial charge < -0.3 is 5.73 Å². The van der Waals surface area contributed by atoms with Crippen LogP contribution in [0.25, 0.3) is 0 Å². The summed E-state index contributed by atoms with van der Waals surface area (Å²) in [4.78, 5) is 4.08. The zero-order valence-corrected chi connectivity index (χ0v) is 7.79. The van der Waals surface area contributed by atoms with Crippen LogP contribution in [0.15, 0.2) is 0 Å². The molecule has 1 fully saturated rings. The van der Waals surface area contributed by atoms with Crippen LogP contribution in [0.2, 0.25) is 0 Å². The van der Waals surface area contributed by atoms with E-state index in [-0.39, 0.29) is 0 Å². The molecule has 2 rings (SSSR count). The van der Waals surface area contributed by atoms with Gasteiger partial charge in [-0.3, -0.25) is 5.10 Å². The fourth-order valence-corrected chi connectivity index (χ4v) is 2.06. The quantitative estimate of drug-likeness (QED) is 0.740. The van der Waals surface area contributed by atoms with Crippen molar-refractivity contribution >= 4 is 5.95 Å². The number of H-pyrrole nitrogens is 1. The van der Waals surface area contributed by atoms with Crippen LogP contribution >= 0.6 is 0 Å². The molecule has 0 radical (unpaired) electrons. The van der Waals surface area contributed by atoms with E-state index < -0.39 is 0 Å². The highest BCUT2D eigenvalue weighted by Crippen LogP contribution is 2.28. The van der Waals surface area contributed by atoms with E-state index in [1.54, 1.807) is 0 Å². The molecule has 3 N–H and O–H groups in total. The van der Waals surface area contributed by atoms with Crippen molar-refractivity contribution in [1.82, 2.24) is 15.2 Å². The molecular weight excluding hydrogens is 164 g/mol. The molecule has 0 bridgehead atoms. The van der Waals surface area contributed by atoms with Gasteiger partial charge in [0.1, 0.15) is 5.82 Å². The third-order valence-corrected chi connectivity index (χ3v) is 2.81. The maximum absolute atomic E-state index is 5.41. The first kappa shape index (κ1) is 8.53. The molecule has 0 aromatic carbocycles. The van der Waals surface area contributed by atoms with Gasteiger partial charge in [-0.05, 0) is 12.3 Å². The second kappa shape index (κ2) is 3.77. The number of hydrogen-bond acceptors (Lipinski definition) is 3. The van der Waals surface area contributed by atoms with Crippen molar-refractivity contribution in [1.29, 1.82) is 0 Å². The van der Waals surface area contributed by atoms with Crippen molar-refractivity contribution in [2.45, 2.75) is 38.5 Å². The number of anilines is 1. The van der Waals surface area contributed by atoms with Gasteiger partial charge >= 0.3 is 0 Å². The van der Waals surface area contributed by atoms with E-state index >= 15 is 0 Å². The lowest BCUT2D eigenvalue weighted by Gasteiger charge is -2.05. The molecule has 0 unspecified atom stereocenters. The summed E-state index contributed by atoms with van der Waals surface area (Å²) in [5, 5.41) is 6.65. The van der Waals surface area contributed by atoms with Crippen LogP contribution in [0.5, 0.6) is 0 Å². The van der Waals surface area contributed by atoms with Crippen LogP contribution in [-0.2, 0) is 6.42 Å². The van der Waals surface area contributed by atoms with Crippen LogP contribution in [0.3, 0.4) is 0 Å². The zero-order valence-electron chi connectivity index (χ0n) is 7.79.